The molecule has 0 aromatic heterocycles. The third-order valence-electron chi connectivity index (χ3n) is 2.40. The van der Waals surface area contributed by atoms with E-state index in [9.17, 15) is 0 Å². The van der Waals surface area contributed by atoms with Gasteiger partial charge in [0.15, 0.2) is 9.76 Å². The molecule has 0 saturated carbocycles. The Bertz CT molecular complexity index is 319. The second-order valence-corrected chi connectivity index (χ2v) is 5.17. The van der Waals surface area contributed by atoms with Gasteiger partial charge >= 0.3 is 23.1 Å². The molecule has 0 fully saturated rings. The molecule has 0 aliphatic rings. The molecule has 0 aliphatic carbocycles. The molecule has 1 aromatic rings. The van der Waals surface area contributed by atoms with Crippen molar-refractivity contribution in [3.8, 4) is 0 Å². The number of allylic oxidation sites excluding steroid dienone is 1. The second kappa shape index (κ2) is 13.4. The molecule has 0 amide bonds. The van der Waals surface area contributed by atoms with E-state index in [0.717, 1.165) is 19.3 Å². The summed E-state index contributed by atoms with van der Waals surface area (Å²) in [5.74, 6) is 0. The van der Waals surface area contributed by atoms with Crippen LogP contribution < -0.4 is 17.6 Å². The third kappa shape index (κ3) is 8.94. The molecular formula is C14H19ClMgOSi. The van der Waals surface area contributed by atoms with Crippen LogP contribution in [0.2, 0.25) is 0 Å². The maximum absolute atomic E-state index is 5.98. The van der Waals surface area contributed by atoms with E-state index in [1.807, 2.05) is 24.3 Å². The van der Waals surface area contributed by atoms with Crippen molar-refractivity contribution < 1.29 is 16.8 Å². The largest absolute Gasteiger partial charge is 2.00 e. The van der Waals surface area contributed by atoms with Gasteiger partial charge in [-0.1, -0.05) is 12.2 Å². The average molecular weight is 291 g/mol. The first-order valence-electron chi connectivity index (χ1n) is 5.65. The van der Waals surface area contributed by atoms with Gasteiger partial charge in [-0.25, -0.2) is 0 Å². The van der Waals surface area contributed by atoms with Crippen molar-refractivity contribution in [1.82, 2.24) is 0 Å². The summed E-state index contributed by atoms with van der Waals surface area (Å²) in [5.41, 5.74) is 0. The third-order valence-corrected chi connectivity index (χ3v) is 3.84. The maximum atomic E-state index is 5.98. The molecule has 0 heterocycles. The summed E-state index contributed by atoms with van der Waals surface area (Å²) in [6.45, 7) is 7.51. The average Bonchev–Trinajstić information content (AvgIpc) is 2.34. The van der Waals surface area contributed by atoms with Crippen molar-refractivity contribution in [3.05, 3.63) is 55.6 Å². The normalized spacial score (nSPS) is 11.3. The molecule has 0 bridgehead atoms. The Morgan fingerprint density at radius 1 is 1.28 bits per heavy atom. The van der Waals surface area contributed by atoms with Gasteiger partial charge in [-0.05, 0) is 19.3 Å². The predicted octanol–water partition coefficient (Wildman–Crippen LogP) is -1.25. The van der Waals surface area contributed by atoms with Crippen LogP contribution in [0.15, 0.2) is 49.6 Å². The molecule has 4 heteroatoms. The molecule has 1 atom stereocenters. The summed E-state index contributed by atoms with van der Waals surface area (Å²) < 4.78 is 5.98. The maximum Gasteiger partial charge on any atom is 2.00 e. The van der Waals surface area contributed by atoms with Crippen LogP contribution in [-0.2, 0) is 4.43 Å². The number of halogens is 1. The van der Waals surface area contributed by atoms with Gasteiger partial charge in [0.25, 0.3) is 0 Å². The van der Waals surface area contributed by atoms with Crippen LogP contribution in [0, 0.1) is 6.07 Å². The zero-order chi connectivity index (χ0) is 11.6. The van der Waals surface area contributed by atoms with Gasteiger partial charge in [-0.15, -0.1) is 18.3 Å². The number of benzene rings is 1. The van der Waals surface area contributed by atoms with Crippen molar-refractivity contribution in [1.29, 1.82) is 0 Å². The van der Waals surface area contributed by atoms with E-state index in [-0.39, 0.29) is 35.5 Å². The predicted molar refractivity (Wildman–Crippen MR) is 78.3 cm³/mol. The zero-order valence-electron chi connectivity index (χ0n) is 10.8. The molecule has 0 aliphatic heterocycles. The molecule has 1 aromatic carbocycles. The summed E-state index contributed by atoms with van der Waals surface area (Å²) in [5, 5.41) is 1.33. The zero-order valence-corrected chi connectivity index (χ0v) is 14.4. The van der Waals surface area contributed by atoms with Gasteiger partial charge < -0.3 is 16.8 Å². The van der Waals surface area contributed by atoms with Crippen LogP contribution in [0.1, 0.15) is 19.3 Å². The standard InChI is InChI=1S/C14H19OSi.ClH.Mg/c1-3-5-10-13(9-4-2)15-16-14-11-7-6-8-12-14;;/h3-4,7-8,11-13H,1-2,5,9-10,16H2;1H;/q-1;;+2/p-1. The molecule has 1 rings (SSSR count). The Morgan fingerprint density at radius 2 is 1.94 bits per heavy atom. The topological polar surface area (TPSA) is 9.23 Å². The summed E-state index contributed by atoms with van der Waals surface area (Å²) in [6, 6.07) is 11.1. The molecule has 1 unspecified atom stereocenters. The van der Waals surface area contributed by atoms with E-state index < -0.39 is 9.76 Å². The van der Waals surface area contributed by atoms with Gasteiger partial charge in [-0.3, -0.25) is 0 Å². The van der Waals surface area contributed by atoms with Crippen LogP contribution in [0.3, 0.4) is 0 Å². The van der Waals surface area contributed by atoms with E-state index in [2.05, 4.69) is 31.4 Å². The fourth-order valence-electron chi connectivity index (χ4n) is 1.49. The molecule has 0 saturated heterocycles. The van der Waals surface area contributed by atoms with Crippen molar-refractivity contribution in [2.45, 2.75) is 25.4 Å². The van der Waals surface area contributed by atoms with Crippen molar-refractivity contribution in [2.75, 3.05) is 0 Å². The summed E-state index contributed by atoms with van der Waals surface area (Å²) in [4.78, 5) is 0. The molecule has 0 N–H and O–H groups in total. The minimum Gasteiger partial charge on any atom is -1.00 e. The second-order valence-electron chi connectivity index (χ2n) is 3.73. The van der Waals surface area contributed by atoms with Gasteiger partial charge in [0, 0.05) is 6.10 Å². The van der Waals surface area contributed by atoms with Crippen LogP contribution >= 0.6 is 0 Å². The Kier molecular flexibility index (Phi) is 15.0. The van der Waals surface area contributed by atoms with E-state index in [1.165, 1.54) is 5.19 Å². The van der Waals surface area contributed by atoms with E-state index >= 15 is 0 Å². The Hall–Kier alpha value is -0.0669. The fourth-order valence-corrected chi connectivity index (χ4v) is 2.65. The quantitative estimate of drug-likeness (QED) is 0.330. The van der Waals surface area contributed by atoms with Gasteiger partial charge in [0.05, 0.1) is 0 Å². The summed E-state index contributed by atoms with van der Waals surface area (Å²) in [6.07, 6.45) is 7.17. The van der Waals surface area contributed by atoms with Crippen LogP contribution in [0.5, 0.6) is 0 Å². The summed E-state index contributed by atoms with van der Waals surface area (Å²) in [7, 11) is -0.609. The van der Waals surface area contributed by atoms with Gasteiger partial charge in [-0.2, -0.15) is 30.3 Å². The molecule has 0 spiro atoms. The van der Waals surface area contributed by atoms with Gasteiger partial charge in [0.1, 0.15) is 0 Å². The molecule has 18 heavy (non-hydrogen) atoms. The minimum atomic E-state index is -0.609. The molecule has 1 nitrogen and oxygen atoms in total. The van der Waals surface area contributed by atoms with Gasteiger partial charge in [0.2, 0.25) is 0 Å². The molecular weight excluding hydrogens is 272 g/mol. The first-order chi connectivity index (χ1) is 7.86. The first kappa shape index (κ1) is 20.3. The van der Waals surface area contributed by atoms with Crippen LogP contribution in [0.4, 0.5) is 0 Å². The Labute approximate surface area is 135 Å². The van der Waals surface area contributed by atoms with Crippen molar-refractivity contribution in [2.24, 2.45) is 0 Å². The minimum absolute atomic E-state index is 0. The van der Waals surface area contributed by atoms with E-state index in [1.54, 1.807) is 0 Å². The summed E-state index contributed by atoms with van der Waals surface area (Å²) >= 11 is 0. The van der Waals surface area contributed by atoms with Crippen LogP contribution in [0.25, 0.3) is 0 Å². The van der Waals surface area contributed by atoms with E-state index in [4.69, 9.17) is 4.43 Å². The fraction of sp³-hybridized carbons (Fsp3) is 0.286. The SMILES string of the molecule is C=CCCC(CC=C)O[SiH2]c1cc[c-]cc1.[Cl-].[Mg+2]. The van der Waals surface area contributed by atoms with Crippen molar-refractivity contribution >= 4 is 38.0 Å². The van der Waals surface area contributed by atoms with E-state index in [0.29, 0.717) is 6.10 Å². The first-order valence-corrected chi connectivity index (χ1v) is 6.93. The monoisotopic (exact) mass is 290 g/mol. The molecule has 94 valence electrons. The number of rotatable bonds is 8. The number of hydrogen-bond acceptors (Lipinski definition) is 1. The van der Waals surface area contributed by atoms with Crippen molar-refractivity contribution in [3.63, 3.8) is 0 Å². The smallest absolute Gasteiger partial charge is 1.00 e. The molecule has 0 radical (unpaired) electrons. The number of hydrogen-bond donors (Lipinski definition) is 0. The van der Waals surface area contributed by atoms with Crippen LogP contribution in [-0.4, -0.2) is 38.9 Å². The Balaban J connectivity index is 0. The Morgan fingerprint density at radius 3 is 2.50 bits per heavy atom.